The van der Waals surface area contributed by atoms with E-state index >= 15 is 0 Å². The Labute approximate surface area is 40.3 Å². The Bertz CT molecular complexity index is 52.6. The summed E-state index contributed by atoms with van der Waals surface area (Å²) < 4.78 is 0. The van der Waals surface area contributed by atoms with Crippen molar-refractivity contribution >= 4 is 15.7 Å². The molecule has 1 aliphatic rings. The molecule has 1 heterocycles. The van der Waals surface area contributed by atoms with Gasteiger partial charge in [-0.15, -0.1) is 0 Å². The Hall–Kier alpha value is -0.113. The molecule has 0 unspecified atom stereocenters. The highest BCUT2D eigenvalue weighted by atomic mass is 28.2. The van der Waals surface area contributed by atoms with Crippen LogP contribution in [0, 0.1) is 0 Å². The van der Waals surface area contributed by atoms with Crippen molar-refractivity contribution in [3.63, 3.8) is 0 Å². The quantitative estimate of drug-likeness (QED) is 0.379. The largest absolute Gasteiger partial charge is 0.301 e. The average Bonchev–Trinajstić information content (AvgIpc) is 1.72. The topological polar surface area (TPSA) is 12.4 Å². The van der Waals surface area contributed by atoms with Gasteiger partial charge in [-0.3, -0.25) is 0 Å². The zero-order chi connectivity index (χ0) is 4.24. The monoisotopic (exact) mass is 99.1 g/mol. The first-order valence-corrected chi connectivity index (χ1v) is 4.48. The average molecular weight is 99.2 g/mol. The van der Waals surface area contributed by atoms with Gasteiger partial charge in [-0.05, 0) is 12.6 Å². The van der Waals surface area contributed by atoms with Crippen LogP contribution in [0.1, 0.15) is 6.42 Å². The predicted molar refractivity (Wildman–Crippen MR) is 31.3 cm³/mol. The fourth-order valence-electron chi connectivity index (χ4n) is 0.621. The lowest BCUT2D eigenvalue weighted by molar-refractivity contribution is 1.18. The number of hydrogen-bond acceptors (Lipinski definition) is 1. The summed E-state index contributed by atoms with van der Waals surface area (Å²) in [4.78, 5) is 4.11. The first-order valence-electron chi connectivity index (χ1n) is 2.48. The van der Waals surface area contributed by atoms with Gasteiger partial charge in [0.25, 0.3) is 0 Å². The third-order valence-corrected chi connectivity index (χ3v) is 2.48. The van der Waals surface area contributed by atoms with Gasteiger partial charge in [0.05, 0.1) is 0 Å². The van der Waals surface area contributed by atoms with Crippen LogP contribution < -0.4 is 0 Å². The maximum atomic E-state index is 4.11. The molecule has 0 N–H and O–H groups in total. The molecule has 2 heteroatoms. The van der Waals surface area contributed by atoms with Gasteiger partial charge >= 0.3 is 0 Å². The molecule has 0 fully saturated rings. The minimum Gasteiger partial charge on any atom is -0.301 e. The Morgan fingerprint density at radius 1 is 1.67 bits per heavy atom. The highest BCUT2D eigenvalue weighted by molar-refractivity contribution is 6.36. The second-order valence-corrected chi connectivity index (χ2v) is 3.45. The molecular formula is C4H9NSi. The van der Waals surface area contributed by atoms with E-state index in [0.29, 0.717) is 9.52 Å². The standard InChI is InChI=1S/C4H9NSi/c1-2-5-4-6-3-1/h2H,1,3-4,6H2. The molecule has 0 radical (unpaired) electrons. The summed E-state index contributed by atoms with van der Waals surface area (Å²) in [5.41, 5.74) is 0. The van der Waals surface area contributed by atoms with E-state index in [-0.39, 0.29) is 0 Å². The molecule has 0 bridgehead atoms. The van der Waals surface area contributed by atoms with E-state index in [4.69, 9.17) is 0 Å². The first kappa shape index (κ1) is 4.06. The van der Waals surface area contributed by atoms with Gasteiger partial charge in [0, 0.05) is 15.7 Å². The second-order valence-electron chi connectivity index (χ2n) is 1.58. The summed E-state index contributed by atoms with van der Waals surface area (Å²) in [6.45, 7) is 0. The molecule has 6 heavy (non-hydrogen) atoms. The van der Waals surface area contributed by atoms with E-state index < -0.39 is 0 Å². The third-order valence-electron chi connectivity index (χ3n) is 1.000. The van der Waals surface area contributed by atoms with E-state index in [1.165, 1.54) is 18.6 Å². The molecule has 0 aliphatic carbocycles. The summed E-state index contributed by atoms with van der Waals surface area (Å²) in [5.74, 6) is 0. The Morgan fingerprint density at radius 3 is 2.83 bits per heavy atom. The van der Waals surface area contributed by atoms with E-state index in [2.05, 4.69) is 11.2 Å². The van der Waals surface area contributed by atoms with Crippen molar-refractivity contribution < 1.29 is 0 Å². The van der Waals surface area contributed by atoms with E-state index in [0.717, 1.165) is 0 Å². The minimum absolute atomic E-state index is 0.311. The van der Waals surface area contributed by atoms with Crippen LogP contribution >= 0.6 is 0 Å². The summed E-state index contributed by atoms with van der Waals surface area (Å²) in [7, 11) is 0.311. The van der Waals surface area contributed by atoms with Crippen LogP contribution in [0.15, 0.2) is 4.99 Å². The van der Waals surface area contributed by atoms with Gasteiger partial charge in [-0.2, -0.15) is 0 Å². The SMILES string of the molecule is C1=NC[SiH2]CC1. The molecular weight excluding hydrogens is 90.1 g/mol. The zero-order valence-electron chi connectivity index (χ0n) is 3.85. The molecule has 0 amide bonds. The molecule has 0 spiro atoms. The molecule has 0 aromatic rings. The molecule has 0 aromatic heterocycles. The van der Waals surface area contributed by atoms with Gasteiger partial charge in [0.1, 0.15) is 0 Å². The van der Waals surface area contributed by atoms with Crippen molar-refractivity contribution in [2.45, 2.75) is 12.5 Å². The van der Waals surface area contributed by atoms with Crippen LogP contribution in [-0.2, 0) is 0 Å². The fourth-order valence-corrected chi connectivity index (χ4v) is 1.68. The van der Waals surface area contributed by atoms with E-state index in [1.54, 1.807) is 0 Å². The van der Waals surface area contributed by atoms with Crippen molar-refractivity contribution in [2.24, 2.45) is 4.99 Å². The van der Waals surface area contributed by atoms with Gasteiger partial charge in [-0.25, -0.2) is 0 Å². The minimum atomic E-state index is 0.311. The van der Waals surface area contributed by atoms with Crippen molar-refractivity contribution in [3.05, 3.63) is 0 Å². The van der Waals surface area contributed by atoms with Gasteiger partial charge in [0.2, 0.25) is 0 Å². The highest BCUT2D eigenvalue weighted by Gasteiger charge is 1.89. The van der Waals surface area contributed by atoms with Crippen LogP contribution in [-0.4, -0.2) is 21.9 Å². The Kier molecular flexibility index (Phi) is 1.44. The number of rotatable bonds is 0. The maximum absolute atomic E-state index is 4.11. The Balaban J connectivity index is 2.26. The highest BCUT2D eigenvalue weighted by Crippen LogP contribution is 1.89. The van der Waals surface area contributed by atoms with E-state index in [9.17, 15) is 0 Å². The molecule has 0 aromatic carbocycles. The fraction of sp³-hybridized carbons (Fsp3) is 0.750. The first-order chi connectivity index (χ1) is 3.00. The van der Waals surface area contributed by atoms with E-state index in [1.807, 2.05) is 0 Å². The van der Waals surface area contributed by atoms with Crippen molar-refractivity contribution in [3.8, 4) is 0 Å². The van der Waals surface area contributed by atoms with Crippen LogP contribution in [0.25, 0.3) is 0 Å². The second kappa shape index (κ2) is 2.13. The maximum Gasteiger partial charge on any atom is 0.0465 e. The summed E-state index contributed by atoms with van der Waals surface area (Å²) in [5, 5.41) is 0. The molecule has 34 valence electrons. The van der Waals surface area contributed by atoms with Gasteiger partial charge in [-0.1, -0.05) is 6.04 Å². The molecule has 1 nitrogen and oxygen atoms in total. The normalized spacial score (nSPS) is 25.3. The lowest BCUT2D eigenvalue weighted by Crippen LogP contribution is -2.00. The van der Waals surface area contributed by atoms with Crippen LogP contribution in [0.4, 0.5) is 0 Å². The van der Waals surface area contributed by atoms with Gasteiger partial charge < -0.3 is 4.99 Å². The van der Waals surface area contributed by atoms with Crippen LogP contribution in [0.5, 0.6) is 0 Å². The van der Waals surface area contributed by atoms with Crippen molar-refractivity contribution in [1.29, 1.82) is 0 Å². The molecule has 0 saturated carbocycles. The Morgan fingerprint density at radius 2 is 2.67 bits per heavy atom. The van der Waals surface area contributed by atoms with Crippen LogP contribution in [0.3, 0.4) is 0 Å². The summed E-state index contributed by atoms with van der Waals surface area (Å²) in [6, 6.07) is 1.49. The lowest BCUT2D eigenvalue weighted by Gasteiger charge is -1.96. The van der Waals surface area contributed by atoms with Crippen molar-refractivity contribution in [1.82, 2.24) is 0 Å². The number of aliphatic imine (C=N–C) groups is 1. The van der Waals surface area contributed by atoms with Crippen molar-refractivity contribution in [2.75, 3.05) is 6.17 Å². The number of hydrogen-bond donors (Lipinski definition) is 0. The lowest BCUT2D eigenvalue weighted by atomic mass is 10.5. The smallest absolute Gasteiger partial charge is 0.0465 e. The predicted octanol–water partition coefficient (Wildman–Crippen LogP) is 0.00550. The molecule has 0 atom stereocenters. The van der Waals surface area contributed by atoms with Gasteiger partial charge in [0.15, 0.2) is 0 Å². The third kappa shape index (κ3) is 0.935. The summed E-state index contributed by atoms with van der Waals surface area (Å²) in [6.07, 6.45) is 4.53. The van der Waals surface area contributed by atoms with Crippen LogP contribution in [0.2, 0.25) is 6.04 Å². The molecule has 1 aliphatic heterocycles. The summed E-state index contributed by atoms with van der Waals surface area (Å²) >= 11 is 0. The molecule has 1 rings (SSSR count). The molecule has 0 saturated heterocycles. The number of nitrogens with zero attached hydrogens (tertiary/aromatic N) is 1. The zero-order valence-corrected chi connectivity index (χ0v) is 5.27.